The number of halogens is 4. The highest BCUT2D eigenvalue weighted by atomic mass is 19.3. The number of amides is 1. The van der Waals surface area contributed by atoms with Crippen LogP contribution in [0.25, 0.3) is 16.9 Å². The van der Waals surface area contributed by atoms with Crippen molar-refractivity contribution in [2.75, 3.05) is 13.7 Å². The van der Waals surface area contributed by atoms with Crippen LogP contribution in [0.2, 0.25) is 0 Å². The summed E-state index contributed by atoms with van der Waals surface area (Å²) in [6, 6.07) is 6.08. The molecule has 1 amide bonds. The third kappa shape index (κ3) is 4.46. The highest BCUT2D eigenvalue weighted by molar-refractivity contribution is 6.01. The average molecular weight is 479 g/mol. The standard InChI is InChI=1S/C23H21F4N3O4/c1-32-17-6-12(7-18(34-22(24)25)20(17)21(31)29-14-2-3-14)16-10-28-19-8-15(4-5-30(16)19)33-11-13-9-23(13,26)27/h4-8,10,13-14,22H,2-3,9,11H2,1H3,(H,29,31). The number of hydrogen-bond acceptors (Lipinski definition) is 5. The zero-order valence-electron chi connectivity index (χ0n) is 18.1. The molecule has 11 heteroatoms. The van der Waals surface area contributed by atoms with Crippen molar-refractivity contribution in [1.29, 1.82) is 0 Å². The van der Waals surface area contributed by atoms with E-state index in [0.29, 0.717) is 22.7 Å². The van der Waals surface area contributed by atoms with Crippen molar-refractivity contribution in [2.45, 2.75) is 37.8 Å². The normalized spacial score (nSPS) is 18.7. The second-order valence-corrected chi connectivity index (χ2v) is 8.39. The lowest BCUT2D eigenvalue weighted by atomic mass is 10.1. The van der Waals surface area contributed by atoms with Gasteiger partial charge in [0.15, 0.2) is 0 Å². The van der Waals surface area contributed by atoms with E-state index < -0.39 is 24.4 Å². The lowest BCUT2D eigenvalue weighted by molar-refractivity contribution is -0.0502. The minimum Gasteiger partial charge on any atom is -0.496 e. The highest BCUT2D eigenvalue weighted by Gasteiger charge is 2.57. The van der Waals surface area contributed by atoms with Crippen LogP contribution < -0.4 is 19.5 Å². The number of hydrogen-bond donors (Lipinski definition) is 1. The summed E-state index contributed by atoms with van der Waals surface area (Å²) in [6.45, 7) is -3.24. The molecule has 2 aromatic heterocycles. The van der Waals surface area contributed by atoms with Crippen LogP contribution in [0, 0.1) is 5.92 Å². The Morgan fingerprint density at radius 2 is 2.00 bits per heavy atom. The van der Waals surface area contributed by atoms with E-state index in [4.69, 9.17) is 9.47 Å². The number of alkyl halides is 4. The summed E-state index contributed by atoms with van der Waals surface area (Å²) in [5.41, 5.74) is 1.29. The Labute approximate surface area is 191 Å². The second-order valence-electron chi connectivity index (χ2n) is 8.39. The maximum Gasteiger partial charge on any atom is 0.387 e. The van der Waals surface area contributed by atoms with Crippen molar-refractivity contribution < 1.29 is 36.6 Å². The first kappa shape index (κ1) is 22.3. The van der Waals surface area contributed by atoms with Crippen LogP contribution in [-0.2, 0) is 0 Å². The summed E-state index contributed by atoms with van der Waals surface area (Å²) in [6.07, 6.45) is 4.62. The number of carbonyl (C=O) groups excluding carboxylic acids is 1. The summed E-state index contributed by atoms with van der Waals surface area (Å²) < 4.78 is 69.6. The number of benzene rings is 1. The van der Waals surface area contributed by atoms with Gasteiger partial charge in [-0.1, -0.05) is 0 Å². The molecule has 1 unspecified atom stereocenters. The first-order chi connectivity index (χ1) is 16.2. The molecular weight excluding hydrogens is 458 g/mol. The van der Waals surface area contributed by atoms with Crippen LogP contribution in [0.1, 0.15) is 29.6 Å². The molecular formula is C23H21F4N3O4. The van der Waals surface area contributed by atoms with E-state index >= 15 is 0 Å². The Morgan fingerprint density at radius 3 is 2.65 bits per heavy atom. The third-order valence-corrected chi connectivity index (χ3v) is 5.83. The Morgan fingerprint density at radius 1 is 1.26 bits per heavy atom. The zero-order valence-corrected chi connectivity index (χ0v) is 18.1. The number of fused-ring (bicyclic) bond motifs is 1. The van der Waals surface area contributed by atoms with Crippen molar-refractivity contribution in [3.05, 3.63) is 42.2 Å². The number of rotatable bonds is 9. The van der Waals surface area contributed by atoms with E-state index in [-0.39, 0.29) is 36.1 Å². The Balaban J connectivity index is 1.47. The molecule has 7 nitrogen and oxygen atoms in total. The van der Waals surface area contributed by atoms with Gasteiger partial charge in [0.05, 0.1) is 31.5 Å². The fourth-order valence-electron chi connectivity index (χ4n) is 3.71. The smallest absolute Gasteiger partial charge is 0.387 e. The average Bonchev–Trinajstić information content (AvgIpc) is 3.66. The summed E-state index contributed by atoms with van der Waals surface area (Å²) in [5, 5.41) is 2.76. The molecule has 5 rings (SSSR count). The summed E-state index contributed by atoms with van der Waals surface area (Å²) in [4.78, 5) is 17.0. The molecule has 2 aliphatic carbocycles. The quantitative estimate of drug-likeness (QED) is 0.457. The molecule has 1 atom stereocenters. The largest absolute Gasteiger partial charge is 0.496 e. The van der Waals surface area contributed by atoms with Gasteiger partial charge in [0.2, 0.25) is 0 Å². The summed E-state index contributed by atoms with van der Waals surface area (Å²) in [7, 11) is 1.33. The van der Waals surface area contributed by atoms with Gasteiger partial charge < -0.3 is 19.5 Å². The van der Waals surface area contributed by atoms with Gasteiger partial charge in [-0.25, -0.2) is 13.8 Å². The molecule has 3 aromatic rings. The van der Waals surface area contributed by atoms with Crippen molar-refractivity contribution >= 4 is 11.6 Å². The predicted molar refractivity (Wildman–Crippen MR) is 113 cm³/mol. The minimum atomic E-state index is -3.15. The van der Waals surface area contributed by atoms with Gasteiger partial charge in [0, 0.05) is 30.3 Å². The predicted octanol–water partition coefficient (Wildman–Crippen LogP) is 4.54. The summed E-state index contributed by atoms with van der Waals surface area (Å²) >= 11 is 0. The van der Waals surface area contributed by atoms with Crippen molar-refractivity contribution in [2.24, 2.45) is 5.92 Å². The Kier molecular flexibility index (Phi) is 5.49. The van der Waals surface area contributed by atoms with Crippen LogP contribution in [0.4, 0.5) is 17.6 Å². The zero-order chi connectivity index (χ0) is 24.0. The van der Waals surface area contributed by atoms with Crippen LogP contribution in [-0.4, -0.2) is 47.6 Å². The lowest BCUT2D eigenvalue weighted by Gasteiger charge is -2.16. The first-order valence-corrected chi connectivity index (χ1v) is 10.7. The van der Waals surface area contributed by atoms with Gasteiger partial charge in [-0.3, -0.25) is 9.20 Å². The van der Waals surface area contributed by atoms with Gasteiger partial charge in [0.1, 0.15) is 28.5 Å². The number of imidazole rings is 1. The Bertz CT molecular complexity index is 1240. The topological polar surface area (TPSA) is 74.1 Å². The number of carbonyl (C=O) groups is 1. The monoisotopic (exact) mass is 479 g/mol. The SMILES string of the molecule is COc1cc(-c2cnc3cc(OCC4CC4(F)F)ccn23)cc(OC(F)F)c1C(=O)NC1CC1. The molecule has 0 radical (unpaired) electrons. The molecule has 34 heavy (non-hydrogen) atoms. The van der Waals surface area contributed by atoms with Crippen molar-refractivity contribution in [3.8, 4) is 28.5 Å². The van der Waals surface area contributed by atoms with Crippen LogP contribution in [0.15, 0.2) is 36.7 Å². The molecule has 0 bridgehead atoms. The molecule has 1 N–H and O–H groups in total. The maximum atomic E-state index is 13.2. The van der Waals surface area contributed by atoms with Crippen LogP contribution in [0.3, 0.4) is 0 Å². The molecule has 2 fully saturated rings. The van der Waals surface area contributed by atoms with E-state index in [9.17, 15) is 22.4 Å². The van der Waals surface area contributed by atoms with Gasteiger partial charge >= 0.3 is 6.61 Å². The van der Waals surface area contributed by atoms with E-state index in [1.54, 1.807) is 28.8 Å². The molecule has 0 saturated heterocycles. The van der Waals surface area contributed by atoms with Gasteiger partial charge in [0.25, 0.3) is 11.8 Å². The fourth-order valence-corrected chi connectivity index (χ4v) is 3.71. The van der Waals surface area contributed by atoms with Crippen LogP contribution in [0.5, 0.6) is 17.2 Å². The van der Waals surface area contributed by atoms with Crippen LogP contribution >= 0.6 is 0 Å². The van der Waals surface area contributed by atoms with E-state index in [1.165, 1.54) is 19.4 Å². The molecule has 0 spiro atoms. The number of nitrogens with zero attached hydrogens (tertiary/aromatic N) is 2. The number of ether oxygens (including phenoxy) is 3. The van der Waals surface area contributed by atoms with Gasteiger partial charge in [-0.2, -0.15) is 8.78 Å². The minimum absolute atomic E-state index is 0.0117. The lowest BCUT2D eigenvalue weighted by Crippen LogP contribution is -2.26. The maximum absolute atomic E-state index is 13.2. The molecule has 2 saturated carbocycles. The highest BCUT2D eigenvalue weighted by Crippen LogP contribution is 2.48. The second kappa shape index (κ2) is 8.37. The van der Waals surface area contributed by atoms with Crippen molar-refractivity contribution in [3.63, 3.8) is 0 Å². The molecule has 180 valence electrons. The summed E-state index contributed by atoms with van der Waals surface area (Å²) in [5.74, 6) is -3.85. The third-order valence-electron chi connectivity index (χ3n) is 5.83. The first-order valence-electron chi connectivity index (χ1n) is 10.7. The number of nitrogens with one attached hydrogen (secondary N) is 1. The van der Waals surface area contributed by atoms with Gasteiger partial charge in [-0.15, -0.1) is 0 Å². The van der Waals surface area contributed by atoms with E-state index in [2.05, 4.69) is 15.0 Å². The van der Waals surface area contributed by atoms with E-state index in [1.807, 2.05) is 0 Å². The molecule has 0 aliphatic heterocycles. The van der Waals surface area contributed by atoms with Crippen molar-refractivity contribution in [1.82, 2.24) is 14.7 Å². The fraction of sp³-hybridized carbons (Fsp3) is 0.391. The number of aromatic nitrogens is 2. The number of pyridine rings is 1. The van der Waals surface area contributed by atoms with Gasteiger partial charge in [-0.05, 0) is 31.0 Å². The molecule has 1 aromatic carbocycles. The van der Waals surface area contributed by atoms with E-state index in [0.717, 1.165) is 12.8 Å². The molecule has 2 heterocycles. The molecule has 2 aliphatic rings. The number of methoxy groups -OCH3 is 1. The Hall–Kier alpha value is -3.50.